The van der Waals surface area contributed by atoms with Crippen LogP contribution in [-0.4, -0.2) is 19.3 Å². The molecule has 0 amide bonds. The Labute approximate surface area is 141 Å². The Balaban J connectivity index is 1.84. The maximum atomic E-state index is 5.48. The van der Waals surface area contributed by atoms with Gasteiger partial charge in [0.15, 0.2) is 5.11 Å². The second-order valence-electron chi connectivity index (χ2n) is 5.43. The lowest BCUT2D eigenvalue weighted by atomic mass is 10.0. The largest absolute Gasteiger partial charge is 0.497 e. The molecule has 0 spiro atoms. The summed E-state index contributed by atoms with van der Waals surface area (Å²) in [6.45, 7) is 2.05. The number of nitrogens with zero attached hydrogens (tertiary/aromatic N) is 1. The van der Waals surface area contributed by atoms with Crippen molar-refractivity contribution >= 4 is 23.0 Å². The van der Waals surface area contributed by atoms with E-state index in [-0.39, 0.29) is 0 Å². The normalized spacial score (nSPS) is 20.3. The number of hydrogen-bond donors (Lipinski definition) is 2. The van der Waals surface area contributed by atoms with E-state index in [0.29, 0.717) is 5.11 Å². The number of nitrogens with one attached hydrogen (secondary N) is 2. The lowest BCUT2D eigenvalue weighted by molar-refractivity contribution is 0.386. The number of hydrazine groups is 1. The van der Waals surface area contributed by atoms with Crippen molar-refractivity contribution in [2.24, 2.45) is 0 Å². The summed E-state index contributed by atoms with van der Waals surface area (Å²) in [6, 6.07) is 15.6. The third-order valence-electron chi connectivity index (χ3n) is 3.89. The van der Waals surface area contributed by atoms with Gasteiger partial charge in [0.05, 0.1) is 19.9 Å². The summed E-state index contributed by atoms with van der Waals surface area (Å²) in [5.41, 5.74) is 4.95. The van der Waals surface area contributed by atoms with Gasteiger partial charge >= 0.3 is 0 Å². The average Bonchev–Trinajstić information content (AvgIpc) is 2.91. The van der Waals surface area contributed by atoms with Crippen molar-refractivity contribution < 1.29 is 9.47 Å². The minimum Gasteiger partial charge on any atom is -0.497 e. The molecular formula is C17H19N3O2S. The van der Waals surface area contributed by atoms with E-state index < -0.39 is 5.66 Å². The van der Waals surface area contributed by atoms with E-state index >= 15 is 0 Å². The predicted molar refractivity (Wildman–Crippen MR) is 94.7 cm³/mol. The van der Waals surface area contributed by atoms with Crippen molar-refractivity contribution in [3.05, 3.63) is 54.1 Å². The second-order valence-corrected chi connectivity index (χ2v) is 5.82. The summed E-state index contributed by atoms with van der Waals surface area (Å²) in [5.74, 6) is 1.63. The van der Waals surface area contributed by atoms with Gasteiger partial charge in [-0.3, -0.25) is 0 Å². The first kappa shape index (κ1) is 15.6. The van der Waals surface area contributed by atoms with Gasteiger partial charge in [-0.1, -0.05) is 12.1 Å². The van der Waals surface area contributed by atoms with Gasteiger partial charge < -0.3 is 14.8 Å². The Kier molecular flexibility index (Phi) is 4.11. The number of thiocarbonyl (C=S) groups is 1. The predicted octanol–water partition coefficient (Wildman–Crippen LogP) is 2.78. The molecule has 1 aliphatic heterocycles. The van der Waals surface area contributed by atoms with E-state index in [1.54, 1.807) is 14.2 Å². The molecule has 0 radical (unpaired) electrons. The number of ether oxygens (including phenoxy) is 2. The molecule has 1 atom stereocenters. The zero-order valence-corrected chi connectivity index (χ0v) is 14.1. The molecule has 1 aliphatic rings. The van der Waals surface area contributed by atoms with E-state index in [2.05, 4.69) is 10.7 Å². The summed E-state index contributed by atoms with van der Waals surface area (Å²) in [4.78, 5) is 0. The van der Waals surface area contributed by atoms with Gasteiger partial charge in [0.25, 0.3) is 0 Å². The number of methoxy groups -OCH3 is 2. The average molecular weight is 329 g/mol. The van der Waals surface area contributed by atoms with Crippen molar-refractivity contribution in [2.75, 3.05) is 19.2 Å². The second kappa shape index (κ2) is 6.06. The third kappa shape index (κ3) is 2.95. The molecule has 1 heterocycles. The van der Waals surface area contributed by atoms with Crippen molar-refractivity contribution in [1.29, 1.82) is 0 Å². The van der Waals surface area contributed by atoms with Gasteiger partial charge in [0, 0.05) is 0 Å². The van der Waals surface area contributed by atoms with Crippen LogP contribution in [0.2, 0.25) is 0 Å². The van der Waals surface area contributed by atoms with Crippen molar-refractivity contribution in [1.82, 2.24) is 10.7 Å². The zero-order valence-electron chi connectivity index (χ0n) is 13.3. The third-order valence-corrected chi connectivity index (χ3v) is 4.18. The molecule has 5 nitrogen and oxygen atoms in total. The van der Waals surface area contributed by atoms with E-state index in [0.717, 1.165) is 22.7 Å². The van der Waals surface area contributed by atoms with Crippen LogP contribution in [0.1, 0.15) is 12.5 Å². The lowest BCUT2D eigenvalue weighted by Gasteiger charge is -2.26. The minimum absolute atomic E-state index is 0.483. The van der Waals surface area contributed by atoms with Crippen LogP contribution in [0.5, 0.6) is 11.5 Å². The quantitative estimate of drug-likeness (QED) is 0.841. The highest BCUT2D eigenvalue weighted by molar-refractivity contribution is 7.80. The van der Waals surface area contributed by atoms with Crippen LogP contribution < -0.4 is 25.2 Å². The van der Waals surface area contributed by atoms with Gasteiger partial charge in [-0.2, -0.15) is 5.43 Å². The number of anilines is 1. The molecule has 1 saturated heterocycles. The van der Waals surface area contributed by atoms with Gasteiger partial charge in [-0.15, -0.1) is 0 Å². The van der Waals surface area contributed by atoms with Crippen LogP contribution in [0.25, 0.3) is 0 Å². The molecule has 2 aromatic rings. The fourth-order valence-electron chi connectivity index (χ4n) is 2.55. The smallest absolute Gasteiger partial charge is 0.190 e. The molecule has 2 aromatic carbocycles. The molecule has 23 heavy (non-hydrogen) atoms. The van der Waals surface area contributed by atoms with E-state index in [9.17, 15) is 0 Å². The first-order valence-corrected chi connectivity index (χ1v) is 7.65. The SMILES string of the molecule is COc1ccc(N2N[C@@](C)(c3ccc(OC)cc3)NC2=S)cc1. The van der Waals surface area contributed by atoms with Crippen molar-refractivity contribution in [3.8, 4) is 11.5 Å². The number of rotatable bonds is 4. The molecule has 1 fully saturated rings. The van der Waals surface area contributed by atoms with Crippen LogP contribution in [0.4, 0.5) is 5.69 Å². The molecular weight excluding hydrogens is 310 g/mol. The van der Waals surface area contributed by atoms with Gasteiger partial charge in [0.1, 0.15) is 17.2 Å². The molecule has 0 aliphatic carbocycles. The summed E-state index contributed by atoms with van der Waals surface area (Å²) in [7, 11) is 3.30. The fraction of sp³-hybridized carbons (Fsp3) is 0.235. The Morgan fingerprint density at radius 1 is 0.913 bits per heavy atom. The van der Waals surface area contributed by atoms with Gasteiger partial charge in [-0.05, 0) is 61.1 Å². The van der Waals surface area contributed by atoms with E-state index in [1.807, 2.05) is 60.5 Å². The molecule has 2 N–H and O–H groups in total. The maximum absolute atomic E-state index is 5.48. The highest BCUT2D eigenvalue weighted by Crippen LogP contribution is 2.28. The summed E-state index contributed by atoms with van der Waals surface area (Å²) in [6.07, 6.45) is 0. The minimum atomic E-state index is -0.483. The highest BCUT2D eigenvalue weighted by Gasteiger charge is 2.38. The fourth-order valence-corrected chi connectivity index (χ4v) is 2.90. The van der Waals surface area contributed by atoms with Gasteiger partial charge in [0.2, 0.25) is 0 Å². The maximum Gasteiger partial charge on any atom is 0.190 e. The Bertz CT molecular complexity index is 703. The van der Waals surface area contributed by atoms with Crippen LogP contribution in [0, 0.1) is 0 Å². The van der Waals surface area contributed by atoms with Crippen LogP contribution >= 0.6 is 12.2 Å². The number of hydrogen-bond acceptors (Lipinski definition) is 4. The summed E-state index contributed by atoms with van der Waals surface area (Å²) >= 11 is 5.48. The monoisotopic (exact) mass is 329 g/mol. The topological polar surface area (TPSA) is 45.8 Å². The Hall–Kier alpha value is -2.31. The Morgan fingerprint density at radius 3 is 1.96 bits per heavy atom. The summed E-state index contributed by atoms with van der Waals surface area (Å²) < 4.78 is 10.4. The van der Waals surface area contributed by atoms with Crippen LogP contribution in [0.3, 0.4) is 0 Å². The zero-order chi connectivity index (χ0) is 16.4. The molecule has 120 valence electrons. The molecule has 0 aromatic heterocycles. The van der Waals surface area contributed by atoms with E-state index in [4.69, 9.17) is 21.7 Å². The lowest BCUT2D eigenvalue weighted by Crippen LogP contribution is -2.45. The molecule has 0 bridgehead atoms. The Morgan fingerprint density at radius 2 is 1.43 bits per heavy atom. The highest BCUT2D eigenvalue weighted by atomic mass is 32.1. The van der Waals surface area contributed by atoms with Crippen molar-refractivity contribution in [3.63, 3.8) is 0 Å². The standard InChI is InChI=1S/C17H19N3O2S/c1-17(12-4-8-14(21-2)9-5-12)18-16(23)20(19-17)13-6-10-15(22-3)11-7-13/h4-11,19H,1-3H3,(H,18,23)/t17-/m0/s1. The molecule has 0 unspecified atom stereocenters. The van der Waals surface area contributed by atoms with Crippen LogP contribution in [-0.2, 0) is 5.66 Å². The van der Waals surface area contributed by atoms with Crippen LogP contribution in [0.15, 0.2) is 48.5 Å². The van der Waals surface area contributed by atoms with Gasteiger partial charge in [-0.25, -0.2) is 5.01 Å². The molecule has 0 saturated carbocycles. The van der Waals surface area contributed by atoms with E-state index in [1.165, 1.54) is 0 Å². The molecule has 3 rings (SSSR count). The first-order chi connectivity index (χ1) is 11.1. The number of benzene rings is 2. The van der Waals surface area contributed by atoms with Crippen molar-refractivity contribution in [2.45, 2.75) is 12.6 Å². The first-order valence-electron chi connectivity index (χ1n) is 7.24. The molecule has 6 heteroatoms. The summed E-state index contributed by atoms with van der Waals surface area (Å²) in [5, 5.41) is 5.81.